The Kier molecular flexibility index (Phi) is 4.98. The largest absolute Gasteiger partial charge is 0.481 e. The van der Waals surface area contributed by atoms with E-state index in [4.69, 9.17) is 4.74 Å². The summed E-state index contributed by atoms with van der Waals surface area (Å²) >= 11 is 0. The highest BCUT2D eigenvalue weighted by Crippen LogP contribution is 2.30. The molecule has 136 valence electrons. The SMILES string of the molecule is Cc1ccc(C(C)C)cc1OC(C)C(=O)N1CC(=O)Nc2ccccc21. The molecule has 0 saturated heterocycles. The van der Waals surface area contributed by atoms with Gasteiger partial charge in [-0.25, -0.2) is 0 Å². The highest BCUT2D eigenvalue weighted by Gasteiger charge is 2.30. The van der Waals surface area contributed by atoms with E-state index in [0.29, 0.717) is 23.0 Å². The summed E-state index contributed by atoms with van der Waals surface area (Å²) < 4.78 is 5.98. The number of nitrogens with one attached hydrogen (secondary N) is 1. The van der Waals surface area contributed by atoms with E-state index in [1.54, 1.807) is 13.0 Å². The number of rotatable bonds is 4. The molecule has 0 radical (unpaired) electrons. The number of hydrogen-bond acceptors (Lipinski definition) is 3. The number of carbonyl (C=O) groups is 2. The smallest absolute Gasteiger partial charge is 0.268 e. The first kappa shape index (κ1) is 18.0. The third-order valence-electron chi connectivity index (χ3n) is 4.57. The van der Waals surface area contributed by atoms with Crippen molar-refractivity contribution >= 4 is 23.2 Å². The predicted molar refractivity (Wildman–Crippen MR) is 103 cm³/mol. The minimum absolute atomic E-state index is 0.00539. The second-order valence-electron chi connectivity index (χ2n) is 6.93. The fourth-order valence-corrected chi connectivity index (χ4v) is 2.99. The molecule has 0 aromatic heterocycles. The molecule has 2 aromatic rings. The molecule has 0 aliphatic carbocycles. The first-order valence-electron chi connectivity index (χ1n) is 8.84. The normalized spacial score (nSPS) is 14.7. The zero-order valence-electron chi connectivity index (χ0n) is 15.6. The zero-order valence-corrected chi connectivity index (χ0v) is 15.6. The summed E-state index contributed by atoms with van der Waals surface area (Å²) in [6.45, 7) is 7.91. The summed E-state index contributed by atoms with van der Waals surface area (Å²) in [7, 11) is 0. The number of fused-ring (bicyclic) bond motifs is 1. The molecule has 3 rings (SSSR count). The van der Waals surface area contributed by atoms with Crippen molar-refractivity contribution in [2.24, 2.45) is 0 Å². The lowest BCUT2D eigenvalue weighted by molar-refractivity contribution is -0.126. The molecule has 2 amide bonds. The van der Waals surface area contributed by atoms with Crippen molar-refractivity contribution in [1.82, 2.24) is 0 Å². The molecule has 1 aliphatic heterocycles. The monoisotopic (exact) mass is 352 g/mol. The minimum Gasteiger partial charge on any atom is -0.481 e. The van der Waals surface area contributed by atoms with Crippen LogP contribution >= 0.6 is 0 Å². The summed E-state index contributed by atoms with van der Waals surface area (Å²) in [5.41, 5.74) is 3.47. The molecule has 2 aromatic carbocycles. The van der Waals surface area contributed by atoms with Crippen molar-refractivity contribution in [2.75, 3.05) is 16.8 Å². The van der Waals surface area contributed by atoms with Gasteiger partial charge >= 0.3 is 0 Å². The molecular weight excluding hydrogens is 328 g/mol. The molecule has 0 saturated carbocycles. The number of hydrogen-bond donors (Lipinski definition) is 1. The molecule has 1 unspecified atom stereocenters. The van der Waals surface area contributed by atoms with Gasteiger partial charge < -0.3 is 10.1 Å². The summed E-state index contributed by atoms with van der Waals surface area (Å²) in [6, 6.07) is 13.3. The van der Waals surface area contributed by atoms with Crippen molar-refractivity contribution in [1.29, 1.82) is 0 Å². The topological polar surface area (TPSA) is 58.6 Å². The van der Waals surface area contributed by atoms with Gasteiger partial charge in [0.1, 0.15) is 12.3 Å². The van der Waals surface area contributed by atoms with Crippen LogP contribution in [0.4, 0.5) is 11.4 Å². The van der Waals surface area contributed by atoms with Crippen LogP contribution in [0.15, 0.2) is 42.5 Å². The molecule has 5 nitrogen and oxygen atoms in total. The lowest BCUT2D eigenvalue weighted by Gasteiger charge is -2.31. The lowest BCUT2D eigenvalue weighted by atomic mass is 10.0. The van der Waals surface area contributed by atoms with Crippen LogP contribution in [-0.4, -0.2) is 24.5 Å². The number of anilines is 2. The van der Waals surface area contributed by atoms with Crippen LogP contribution in [0.5, 0.6) is 5.75 Å². The Morgan fingerprint density at radius 3 is 2.62 bits per heavy atom. The lowest BCUT2D eigenvalue weighted by Crippen LogP contribution is -2.47. The maximum absolute atomic E-state index is 13.0. The maximum atomic E-state index is 13.0. The van der Waals surface area contributed by atoms with Gasteiger partial charge in [-0.1, -0.05) is 38.1 Å². The van der Waals surface area contributed by atoms with Gasteiger partial charge in [0.2, 0.25) is 5.91 Å². The third kappa shape index (κ3) is 3.57. The number of benzene rings is 2. The van der Waals surface area contributed by atoms with E-state index in [2.05, 4.69) is 25.2 Å². The van der Waals surface area contributed by atoms with Crippen molar-refractivity contribution < 1.29 is 14.3 Å². The van der Waals surface area contributed by atoms with Gasteiger partial charge in [0, 0.05) is 0 Å². The van der Waals surface area contributed by atoms with Gasteiger partial charge in [-0.2, -0.15) is 0 Å². The Hall–Kier alpha value is -2.82. The molecule has 0 bridgehead atoms. The van der Waals surface area contributed by atoms with E-state index in [9.17, 15) is 9.59 Å². The molecule has 1 aliphatic rings. The first-order chi connectivity index (χ1) is 12.4. The number of carbonyl (C=O) groups excluding carboxylic acids is 2. The van der Waals surface area contributed by atoms with E-state index in [1.165, 1.54) is 4.90 Å². The average Bonchev–Trinajstić information content (AvgIpc) is 2.61. The van der Waals surface area contributed by atoms with Crippen LogP contribution in [0.1, 0.15) is 37.8 Å². The van der Waals surface area contributed by atoms with Gasteiger partial charge in [0.05, 0.1) is 11.4 Å². The maximum Gasteiger partial charge on any atom is 0.268 e. The van der Waals surface area contributed by atoms with Gasteiger partial charge in [0.15, 0.2) is 6.10 Å². The summed E-state index contributed by atoms with van der Waals surface area (Å²) in [5, 5.41) is 2.79. The van der Waals surface area contributed by atoms with E-state index in [1.807, 2.05) is 37.3 Å². The van der Waals surface area contributed by atoms with Crippen LogP contribution in [-0.2, 0) is 9.59 Å². The second-order valence-corrected chi connectivity index (χ2v) is 6.93. The van der Waals surface area contributed by atoms with Gasteiger partial charge in [0.25, 0.3) is 5.91 Å². The second kappa shape index (κ2) is 7.20. The van der Waals surface area contributed by atoms with Crippen molar-refractivity contribution in [2.45, 2.75) is 39.7 Å². The number of amides is 2. The standard InChI is InChI=1S/C21H24N2O3/c1-13(2)16-10-9-14(3)19(11-16)26-15(4)21(25)23-12-20(24)22-17-7-5-6-8-18(17)23/h5-11,13,15H,12H2,1-4H3,(H,22,24). The molecule has 0 fully saturated rings. The third-order valence-corrected chi connectivity index (χ3v) is 4.57. The highest BCUT2D eigenvalue weighted by molar-refractivity contribution is 6.10. The van der Waals surface area contributed by atoms with Crippen LogP contribution < -0.4 is 15.0 Å². The number of ether oxygens (including phenoxy) is 1. The molecule has 1 heterocycles. The number of para-hydroxylation sites is 2. The van der Waals surface area contributed by atoms with Crippen LogP contribution in [0.3, 0.4) is 0 Å². The van der Waals surface area contributed by atoms with Gasteiger partial charge in [-0.3, -0.25) is 14.5 Å². The van der Waals surface area contributed by atoms with Crippen molar-refractivity contribution in [3.05, 3.63) is 53.6 Å². The zero-order chi connectivity index (χ0) is 18.8. The molecule has 5 heteroatoms. The highest BCUT2D eigenvalue weighted by atomic mass is 16.5. The Morgan fingerprint density at radius 1 is 1.15 bits per heavy atom. The number of aryl methyl sites for hydroxylation is 1. The fourth-order valence-electron chi connectivity index (χ4n) is 2.99. The fraction of sp³-hybridized carbons (Fsp3) is 0.333. The molecular formula is C21H24N2O3. The van der Waals surface area contributed by atoms with E-state index in [0.717, 1.165) is 11.1 Å². The Morgan fingerprint density at radius 2 is 1.88 bits per heavy atom. The van der Waals surface area contributed by atoms with E-state index >= 15 is 0 Å². The van der Waals surface area contributed by atoms with Crippen molar-refractivity contribution in [3.63, 3.8) is 0 Å². The van der Waals surface area contributed by atoms with Crippen LogP contribution in [0.2, 0.25) is 0 Å². The van der Waals surface area contributed by atoms with Gasteiger partial charge in [-0.15, -0.1) is 0 Å². The van der Waals surface area contributed by atoms with Crippen LogP contribution in [0, 0.1) is 6.92 Å². The molecule has 26 heavy (non-hydrogen) atoms. The molecule has 1 atom stereocenters. The van der Waals surface area contributed by atoms with Crippen LogP contribution in [0.25, 0.3) is 0 Å². The van der Waals surface area contributed by atoms with Crippen molar-refractivity contribution in [3.8, 4) is 5.75 Å². The Bertz CT molecular complexity index is 845. The average molecular weight is 352 g/mol. The Balaban J connectivity index is 1.83. The molecule has 0 spiro atoms. The summed E-state index contributed by atoms with van der Waals surface area (Å²) in [5.74, 6) is 0.636. The minimum atomic E-state index is -0.699. The summed E-state index contributed by atoms with van der Waals surface area (Å²) in [4.78, 5) is 26.4. The quantitative estimate of drug-likeness (QED) is 0.909. The number of nitrogens with zero attached hydrogens (tertiary/aromatic N) is 1. The molecule has 1 N–H and O–H groups in total. The van der Waals surface area contributed by atoms with E-state index < -0.39 is 6.10 Å². The summed E-state index contributed by atoms with van der Waals surface area (Å²) in [6.07, 6.45) is -0.699. The predicted octanol–water partition coefficient (Wildman–Crippen LogP) is 3.87. The van der Waals surface area contributed by atoms with E-state index in [-0.39, 0.29) is 18.4 Å². The van der Waals surface area contributed by atoms with Gasteiger partial charge in [-0.05, 0) is 49.1 Å². The first-order valence-corrected chi connectivity index (χ1v) is 8.84. The Labute approximate surface area is 154 Å².